The van der Waals surface area contributed by atoms with Crippen LogP contribution in [0, 0.1) is 17.7 Å². The van der Waals surface area contributed by atoms with Crippen molar-refractivity contribution in [2.24, 2.45) is 0 Å². The summed E-state index contributed by atoms with van der Waals surface area (Å²) in [7, 11) is 0. The van der Waals surface area contributed by atoms with Crippen LogP contribution in [0.5, 0.6) is 0 Å². The number of thioether (sulfide) groups is 1. The van der Waals surface area contributed by atoms with Gasteiger partial charge in [-0.2, -0.15) is 11.8 Å². The Balaban J connectivity index is 1.96. The molecule has 102 valence electrons. The Morgan fingerprint density at radius 2 is 2.16 bits per heavy atom. The summed E-state index contributed by atoms with van der Waals surface area (Å²) in [5, 5.41) is 9.28. The fraction of sp³-hybridized carbons (Fsp3) is 0.467. The van der Waals surface area contributed by atoms with E-state index in [1.54, 1.807) is 12.1 Å². The van der Waals surface area contributed by atoms with E-state index in [1.807, 2.05) is 11.8 Å². The van der Waals surface area contributed by atoms with Crippen LogP contribution in [0.2, 0.25) is 0 Å². The molecule has 0 spiro atoms. The molecule has 2 nitrogen and oxygen atoms in total. The van der Waals surface area contributed by atoms with Gasteiger partial charge < -0.3 is 9.84 Å². The molecular weight excluding hydrogens is 263 g/mol. The van der Waals surface area contributed by atoms with Crippen LogP contribution in [-0.2, 0) is 10.5 Å². The van der Waals surface area contributed by atoms with Gasteiger partial charge in [-0.15, -0.1) is 0 Å². The highest BCUT2D eigenvalue weighted by Crippen LogP contribution is 2.26. The fourth-order valence-corrected chi connectivity index (χ4v) is 3.08. The van der Waals surface area contributed by atoms with Crippen LogP contribution in [0.15, 0.2) is 18.2 Å². The summed E-state index contributed by atoms with van der Waals surface area (Å²) in [6.07, 6.45) is 2.17. The van der Waals surface area contributed by atoms with E-state index in [0.717, 1.165) is 37.4 Å². The quantitative estimate of drug-likeness (QED) is 0.863. The maximum Gasteiger partial charge on any atom is 0.138 e. The number of aliphatic hydroxyl groups is 1. The average molecular weight is 280 g/mol. The van der Waals surface area contributed by atoms with Crippen molar-refractivity contribution in [1.29, 1.82) is 0 Å². The van der Waals surface area contributed by atoms with Gasteiger partial charge in [0.15, 0.2) is 0 Å². The van der Waals surface area contributed by atoms with E-state index in [0.29, 0.717) is 10.8 Å². The molecule has 1 aromatic rings. The monoisotopic (exact) mass is 280 g/mol. The van der Waals surface area contributed by atoms with Gasteiger partial charge in [-0.3, -0.25) is 0 Å². The molecule has 0 aromatic heterocycles. The molecular formula is C15H17FO2S. The summed E-state index contributed by atoms with van der Waals surface area (Å²) in [4.78, 5) is 0. The summed E-state index contributed by atoms with van der Waals surface area (Å²) in [6, 6.07) is 5.01. The molecule has 1 fully saturated rings. The second kappa shape index (κ2) is 7.54. The molecule has 1 N–H and O–H groups in total. The summed E-state index contributed by atoms with van der Waals surface area (Å²) >= 11 is 1.89. The first kappa shape index (κ1) is 14.4. The van der Waals surface area contributed by atoms with Gasteiger partial charge in [-0.05, 0) is 30.5 Å². The summed E-state index contributed by atoms with van der Waals surface area (Å²) in [5.74, 6) is 5.64. The zero-order valence-electron chi connectivity index (χ0n) is 10.7. The highest BCUT2D eigenvalue weighted by Gasteiger charge is 2.14. The van der Waals surface area contributed by atoms with Gasteiger partial charge >= 0.3 is 0 Å². The molecule has 0 unspecified atom stereocenters. The van der Waals surface area contributed by atoms with Gasteiger partial charge in [0.05, 0.1) is 5.56 Å². The zero-order valence-corrected chi connectivity index (χ0v) is 11.5. The van der Waals surface area contributed by atoms with E-state index in [2.05, 4.69) is 11.8 Å². The summed E-state index contributed by atoms with van der Waals surface area (Å²) in [5.41, 5.74) is 1.43. The van der Waals surface area contributed by atoms with Crippen LogP contribution in [-0.4, -0.2) is 30.2 Å². The molecule has 0 bridgehead atoms. The SMILES string of the molecule is OCC#Cc1cc(CSC2CCOCC2)ccc1F. The second-order valence-electron chi connectivity index (χ2n) is 4.40. The van der Waals surface area contributed by atoms with E-state index < -0.39 is 0 Å². The second-order valence-corrected chi connectivity index (χ2v) is 5.69. The smallest absolute Gasteiger partial charge is 0.138 e. The highest BCUT2D eigenvalue weighted by atomic mass is 32.2. The van der Waals surface area contributed by atoms with Crippen molar-refractivity contribution < 1.29 is 14.2 Å². The Labute approximate surface area is 117 Å². The lowest BCUT2D eigenvalue weighted by atomic mass is 10.1. The molecule has 0 atom stereocenters. The van der Waals surface area contributed by atoms with Crippen molar-refractivity contribution in [2.45, 2.75) is 23.8 Å². The van der Waals surface area contributed by atoms with Crippen LogP contribution in [0.3, 0.4) is 0 Å². The number of rotatable bonds is 3. The minimum Gasteiger partial charge on any atom is -0.384 e. The van der Waals surface area contributed by atoms with Gasteiger partial charge in [0.2, 0.25) is 0 Å². The number of hydrogen-bond donors (Lipinski definition) is 1. The Morgan fingerprint density at radius 1 is 1.37 bits per heavy atom. The van der Waals surface area contributed by atoms with Crippen molar-refractivity contribution in [3.05, 3.63) is 35.1 Å². The molecule has 1 heterocycles. The molecule has 4 heteroatoms. The Hall–Kier alpha value is -1.02. The van der Waals surface area contributed by atoms with Crippen LogP contribution < -0.4 is 0 Å². The van der Waals surface area contributed by atoms with Crippen LogP contribution in [0.1, 0.15) is 24.0 Å². The molecule has 2 rings (SSSR count). The number of benzene rings is 1. The predicted molar refractivity (Wildman–Crippen MR) is 75.5 cm³/mol. The van der Waals surface area contributed by atoms with Crippen LogP contribution in [0.4, 0.5) is 4.39 Å². The minimum atomic E-state index is -0.333. The predicted octanol–water partition coefficient (Wildman–Crippen LogP) is 2.58. The Morgan fingerprint density at radius 3 is 2.89 bits per heavy atom. The maximum absolute atomic E-state index is 13.5. The third-order valence-electron chi connectivity index (χ3n) is 2.99. The number of halogens is 1. The van der Waals surface area contributed by atoms with E-state index in [4.69, 9.17) is 9.84 Å². The Kier molecular flexibility index (Phi) is 5.71. The van der Waals surface area contributed by atoms with Crippen molar-refractivity contribution in [3.63, 3.8) is 0 Å². The number of hydrogen-bond acceptors (Lipinski definition) is 3. The first-order valence-electron chi connectivity index (χ1n) is 6.37. The number of aliphatic hydroxyl groups excluding tert-OH is 1. The van der Waals surface area contributed by atoms with Crippen LogP contribution >= 0.6 is 11.8 Å². The van der Waals surface area contributed by atoms with E-state index in [1.165, 1.54) is 6.07 Å². The average Bonchev–Trinajstić information content (AvgIpc) is 2.46. The van der Waals surface area contributed by atoms with Crippen LogP contribution in [0.25, 0.3) is 0 Å². The zero-order chi connectivity index (χ0) is 13.5. The molecule has 19 heavy (non-hydrogen) atoms. The summed E-state index contributed by atoms with van der Waals surface area (Å²) < 4.78 is 18.8. The van der Waals surface area contributed by atoms with Gasteiger partial charge in [0, 0.05) is 24.2 Å². The molecule has 1 aliphatic rings. The first-order valence-corrected chi connectivity index (χ1v) is 7.42. The Bertz CT molecular complexity index is 473. The standard InChI is InChI=1S/C15H17FO2S/c16-15-4-3-12(10-13(15)2-1-7-17)11-19-14-5-8-18-9-6-14/h3-4,10,14,17H,5-9,11H2. The first-order chi connectivity index (χ1) is 9.29. The number of ether oxygens (including phenoxy) is 1. The molecule has 1 saturated heterocycles. The maximum atomic E-state index is 13.5. The van der Waals surface area contributed by atoms with Crippen molar-refractivity contribution in [1.82, 2.24) is 0 Å². The normalized spacial score (nSPS) is 15.9. The lowest BCUT2D eigenvalue weighted by molar-refractivity contribution is 0.1000. The summed E-state index contributed by atoms with van der Waals surface area (Å²) in [6.45, 7) is 1.43. The molecule has 0 aliphatic carbocycles. The van der Waals surface area contributed by atoms with Crippen molar-refractivity contribution in [2.75, 3.05) is 19.8 Å². The largest absolute Gasteiger partial charge is 0.384 e. The van der Waals surface area contributed by atoms with Gasteiger partial charge in [0.25, 0.3) is 0 Å². The van der Waals surface area contributed by atoms with Gasteiger partial charge in [-0.1, -0.05) is 17.9 Å². The van der Waals surface area contributed by atoms with Crippen molar-refractivity contribution >= 4 is 11.8 Å². The van der Waals surface area contributed by atoms with E-state index in [-0.39, 0.29) is 12.4 Å². The molecule has 0 amide bonds. The third-order valence-corrected chi connectivity index (χ3v) is 4.43. The lowest BCUT2D eigenvalue weighted by Gasteiger charge is -2.21. The molecule has 1 aliphatic heterocycles. The van der Waals surface area contributed by atoms with Crippen molar-refractivity contribution in [3.8, 4) is 11.8 Å². The molecule has 0 saturated carbocycles. The fourth-order valence-electron chi connectivity index (χ4n) is 1.95. The lowest BCUT2D eigenvalue weighted by Crippen LogP contribution is -2.17. The highest BCUT2D eigenvalue weighted by molar-refractivity contribution is 7.99. The van der Waals surface area contributed by atoms with E-state index >= 15 is 0 Å². The topological polar surface area (TPSA) is 29.5 Å². The third kappa shape index (κ3) is 4.54. The minimum absolute atomic E-state index is 0.250. The van der Waals surface area contributed by atoms with Gasteiger partial charge in [-0.25, -0.2) is 4.39 Å². The molecule has 1 aromatic carbocycles. The van der Waals surface area contributed by atoms with Gasteiger partial charge in [0.1, 0.15) is 12.4 Å². The molecule has 0 radical (unpaired) electrons. The van der Waals surface area contributed by atoms with E-state index in [9.17, 15) is 4.39 Å².